The summed E-state index contributed by atoms with van der Waals surface area (Å²) >= 11 is 5.88. The van der Waals surface area contributed by atoms with E-state index in [0.717, 1.165) is 29.5 Å². The summed E-state index contributed by atoms with van der Waals surface area (Å²) in [6.07, 6.45) is 1.68. The van der Waals surface area contributed by atoms with Gasteiger partial charge in [-0.25, -0.2) is 4.79 Å². The Morgan fingerprint density at radius 2 is 2.13 bits per heavy atom. The van der Waals surface area contributed by atoms with Gasteiger partial charge < -0.3 is 5.11 Å². The molecule has 0 spiro atoms. The first-order valence-electron chi connectivity index (χ1n) is 4.81. The predicted octanol–water partition coefficient (Wildman–Crippen LogP) is 3.14. The van der Waals surface area contributed by atoms with Crippen molar-refractivity contribution in [3.8, 4) is 0 Å². The van der Waals surface area contributed by atoms with E-state index in [1.54, 1.807) is 13.0 Å². The maximum atomic E-state index is 10.9. The zero-order valence-corrected chi connectivity index (χ0v) is 9.14. The zero-order chi connectivity index (χ0) is 11.0. The first-order chi connectivity index (χ1) is 7.09. The Kier molecular flexibility index (Phi) is 2.53. The third-order valence-electron chi connectivity index (χ3n) is 2.81. The van der Waals surface area contributed by atoms with E-state index in [-0.39, 0.29) is 0 Å². The summed E-state index contributed by atoms with van der Waals surface area (Å²) in [7, 11) is 0. The van der Waals surface area contributed by atoms with Gasteiger partial charge in [0.1, 0.15) is 0 Å². The van der Waals surface area contributed by atoms with Crippen molar-refractivity contribution >= 4 is 23.1 Å². The quantitative estimate of drug-likeness (QED) is 0.742. The molecule has 0 atom stereocenters. The minimum absolute atomic E-state index is 0.441. The minimum Gasteiger partial charge on any atom is -0.478 e. The number of aryl methyl sites for hydroxylation is 1. The zero-order valence-electron chi connectivity index (χ0n) is 8.38. The van der Waals surface area contributed by atoms with Crippen LogP contribution < -0.4 is 0 Å². The molecular weight excluding hydrogens is 212 g/mol. The number of hydrogen-bond acceptors (Lipinski definition) is 1. The number of aliphatic carboxylic acids is 1. The van der Waals surface area contributed by atoms with Gasteiger partial charge in [-0.2, -0.15) is 0 Å². The Balaban J connectivity index is 2.54. The van der Waals surface area contributed by atoms with Crippen LogP contribution >= 0.6 is 11.6 Å². The summed E-state index contributed by atoms with van der Waals surface area (Å²) in [6, 6.07) is 5.63. The lowest BCUT2D eigenvalue weighted by Crippen LogP contribution is -1.99. The number of rotatable bonds is 1. The molecule has 78 valence electrons. The molecule has 3 heteroatoms. The molecular formula is C12H11ClO2. The van der Waals surface area contributed by atoms with E-state index in [9.17, 15) is 4.79 Å². The van der Waals surface area contributed by atoms with Crippen LogP contribution in [0.3, 0.4) is 0 Å². The van der Waals surface area contributed by atoms with Gasteiger partial charge in [0.2, 0.25) is 0 Å². The number of carboxylic acid groups (broad SMARTS) is 1. The highest BCUT2D eigenvalue weighted by atomic mass is 35.5. The molecule has 2 rings (SSSR count). The van der Waals surface area contributed by atoms with E-state index in [4.69, 9.17) is 16.7 Å². The third-order valence-corrected chi connectivity index (χ3v) is 3.05. The van der Waals surface area contributed by atoms with Gasteiger partial charge in [0.05, 0.1) is 0 Å². The first kappa shape index (κ1) is 10.2. The highest BCUT2D eigenvalue weighted by Crippen LogP contribution is 2.35. The molecule has 0 aliphatic heterocycles. The smallest absolute Gasteiger partial charge is 0.331 e. The Bertz CT molecular complexity index is 461. The Hall–Kier alpha value is -1.28. The lowest BCUT2D eigenvalue weighted by Gasteiger charge is -2.03. The second-order valence-corrected chi connectivity index (χ2v) is 4.15. The van der Waals surface area contributed by atoms with Crippen molar-refractivity contribution in [2.45, 2.75) is 19.8 Å². The van der Waals surface area contributed by atoms with Crippen LogP contribution in [0.4, 0.5) is 0 Å². The second kappa shape index (κ2) is 3.70. The van der Waals surface area contributed by atoms with Gasteiger partial charge in [-0.15, -0.1) is 0 Å². The molecule has 1 aliphatic rings. The number of allylic oxidation sites excluding steroid dienone is 1. The van der Waals surface area contributed by atoms with Crippen LogP contribution in [0.1, 0.15) is 24.5 Å². The van der Waals surface area contributed by atoms with Crippen molar-refractivity contribution < 1.29 is 9.90 Å². The van der Waals surface area contributed by atoms with Gasteiger partial charge in [-0.05, 0) is 48.6 Å². The van der Waals surface area contributed by atoms with Crippen LogP contribution in [0.25, 0.3) is 5.57 Å². The van der Waals surface area contributed by atoms with Crippen molar-refractivity contribution in [3.05, 3.63) is 39.9 Å². The fourth-order valence-electron chi connectivity index (χ4n) is 1.98. The lowest BCUT2D eigenvalue weighted by atomic mass is 10.0. The standard InChI is InChI=1S/C12H11ClO2/c1-7(12(14)15)10-4-2-8-6-9(13)3-5-11(8)10/h3,5-6H,2,4H2,1H3,(H,14,15)/b10-7+. The van der Waals surface area contributed by atoms with Gasteiger partial charge in [0.25, 0.3) is 0 Å². The SMILES string of the molecule is C/C(C(=O)O)=C1/CCc2cc(Cl)ccc21. The molecule has 1 aliphatic carbocycles. The number of fused-ring (bicyclic) bond motifs is 1. The maximum absolute atomic E-state index is 10.9. The van der Waals surface area contributed by atoms with E-state index >= 15 is 0 Å². The molecule has 0 bridgehead atoms. The van der Waals surface area contributed by atoms with E-state index in [1.807, 2.05) is 12.1 Å². The van der Waals surface area contributed by atoms with Gasteiger partial charge >= 0.3 is 5.97 Å². The van der Waals surface area contributed by atoms with Crippen LogP contribution in [0.15, 0.2) is 23.8 Å². The molecule has 0 aromatic heterocycles. The van der Waals surface area contributed by atoms with Gasteiger partial charge in [0.15, 0.2) is 0 Å². The van der Waals surface area contributed by atoms with Gasteiger partial charge in [0, 0.05) is 10.6 Å². The topological polar surface area (TPSA) is 37.3 Å². The fraction of sp³-hybridized carbons (Fsp3) is 0.250. The van der Waals surface area contributed by atoms with Crippen molar-refractivity contribution in [2.75, 3.05) is 0 Å². The van der Waals surface area contributed by atoms with Crippen LogP contribution in [-0.2, 0) is 11.2 Å². The second-order valence-electron chi connectivity index (χ2n) is 3.71. The molecule has 1 aromatic carbocycles. The normalized spacial score (nSPS) is 17.5. The third kappa shape index (κ3) is 1.77. The molecule has 0 amide bonds. The molecule has 0 unspecified atom stereocenters. The molecule has 1 N–H and O–H groups in total. The summed E-state index contributed by atoms with van der Waals surface area (Å²) in [5, 5.41) is 9.65. The Morgan fingerprint density at radius 3 is 2.80 bits per heavy atom. The predicted molar refractivity (Wildman–Crippen MR) is 60.0 cm³/mol. The Morgan fingerprint density at radius 1 is 1.40 bits per heavy atom. The summed E-state index contributed by atoms with van der Waals surface area (Å²) in [5.74, 6) is -0.840. The summed E-state index contributed by atoms with van der Waals surface area (Å²) in [5.41, 5.74) is 3.57. The molecule has 15 heavy (non-hydrogen) atoms. The number of carbonyl (C=O) groups is 1. The average Bonchev–Trinajstić information content (AvgIpc) is 2.59. The minimum atomic E-state index is -0.840. The van der Waals surface area contributed by atoms with Crippen molar-refractivity contribution in [1.29, 1.82) is 0 Å². The van der Waals surface area contributed by atoms with E-state index < -0.39 is 5.97 Å². The average molecular weight is 223 g/mol. The monoisotopic (exact) mass is 222 g/mol. The van der Waals surface area contributed by atoms with Crippen molar-refractivity contribution in [3.63, 3.8) is 0 Å². The van der Waals surface area contributed by atoms with Crippen LogP contribution in [-0.4, -0.2) is 11.1 Å². The molecule has 0 radical (unpaired) electrons. The molecule has 0 saturated heterocycles. The largest absolute Gasteiger partial charge is 0.478 e. The Labute approximate surface area is 93.2 Å². The van der Waals surface area contributed by atoms with Crippen molar-refractivity contribution in [2.24, 2.45) is 0 Å². The van der Waals surface area contributed by atoms with Gasteiger partial charge in [-0.1, -0.05) is 17.7 Å². The van der Waals surface area contributed by atoms with Crippen LogP contribution in [0, 0.1) is 0 Å². The number of hydrogen-bond donors (Lipinski definition) is 1. The highest BCUT2D eigenvalue weighted by Gasteiger charge is 2.20. The number of benzene rings is 1. The van der Waals surface area contributed by atoms with E-state index in [2.05, 4.69) is 0 Å². The highest BCUT2D eigenvalue weighted by molar-refractivity contribution is 6.30. The van der Waals surface area contributed by atoms with E-state index in [1.165, 1.54) is 0 Å². The lowest BCUT2D eigenvalue weighted by molar-refractivity contribution is -0.132. The first-order valence-corrected chi connectivity index (χ1v) is 5.19. The number of carboxylic acids is 1. The fourth-order valence-corrected chi connectivity index (χ4v) is 2.17. The summed E-state index contributed by atoms with van der Waals surface area (Å²) < 4.78 is 0. The molecule has 0 heterocycles. The number of halogens is 1. The maximum Gasteiger partial charge on any atom is 0.331 e. The molecule has 1 aromatic rings. The summed E-state index contributed by atoms with van der Waals surface area (Å²) in [4.78, 5) is 10.9. The summed E-state index contributed by atoms with van der Waals surface area (Å²) in [6.45, 7) is 1.65. The van der Waals surface area contributed by atoms with Crippen LogP contribution in [0.5, 0.6) is 0 Å². The molecule has 0 fully saturated rings. The van der Waals surface area contributed by atoms with Crippen LogP contribution in [0.2, 0.25) is 5.02 Å². The molecule has 0 saturated carbocycles. The van der Waals surface area contributed by atoms with Crippen molar-refractivity contribution in [1.82, 2.24) is 0 Å². The van der Waals surface area contributed by atoms with Gasteiger partial charge in [-0.3, -0.25) is 0 Å². The van der Waals surface area contributed by atoms with E-state index in [0.29, 0.717) is 10.6 Å². The molecule has 2 nitrogen and oxygen atoms in total.